The van der Waals surface area contributed by atoms with Crippen LogP contribution in [0.25, 0.3) is 0 Å². The number of amides is 2. The van der Waals surface area contributed by atoms with Crippen molar-refractivity contribution in [3.05, 3.63) is 22.4 Å². The van der Waals surface area contributed by atoms with Gasteiger partial charge in [0, 0.05) is 37.0 Å². The highest BCUT2D eigenvalue weighted by molar-refractivity contribution is 7.09. The summed E-state index contributed by atoms with van der Waals surface area (Å²) in [7, 11) is 0. The van der Waals surface area contributed by atoms with Crippen molar-refractivity contribution in [3.8, 4) is 0 Å². The zero-order valence-corrected chi connectivity index (χ0v) is 15.2. The third kappa shape index (κ3) is 4.16. The summed E-state index contributed by atoms with van der Waals surface area (Å²) in [6.45, 7) is 4.65. The quantitative estimate of drug-likeness (QED) is 0.853. The van der Waals surface area contributed by atoms with Crippen molar-refractivity contribution in [1.29, 1.82) is 0 Å². The van der Waals surface area contributed by atoms with Crippen LogP contribution in [0.2, 0.25) is 0 Å². The molecule has 6 heteroatoms. The Hall–Kier alpha value is -1.40. The van der Waals surface area contributed by atoms with E-state index in [-0.39, 0.29) is 11.8 Å². The number of likely N-dealkylation sites (tertiary alicyclic amines) is 2. The van der Waals surface area contributed by atoms with Crippen LogP contribution in [-0.2, 0) is 16.0 Å². The molecule has 2 aliphatic rings. The summed E-state index contributed by atoms with van der Waals surface area (Å²) in [4.78, 5) is 29.7. The van der Waals surface area contributed by atoms with Crippen molar-refractivity contribution in [2.24, 2.45) is 0 Å². The fourth-order valence-corrected chi connectivity index (χ4v) is 4.80. The van der Waals surface area contributed by atoms with Crippen LogP contribution in [0.15, 0.2) is 17.5 Å². The zero-order chi connectivity index (χ0) is 16.9. The van der Waals surface area contributed by atoms with Crippen molar-refractivity contribution in [3.63, 3.8) is 0 Å². The third-order valence-electron chi connectivity index (χ3n) is 5.18. The van der Waals surface area contributed by atoms with Crippen molar-refractivity contribution in [2.75, 3.05) is 26.2 Å². The molecule has 0 aromatic carbocycles. The molecule has 0 bridgehead atoms. The van der Waals surface area contributed by atoms with Gasteiger partial charge in [-0.15, -0.1) is 11.3 Å². The van der Waals surface area contributed by atoms with Crippen LogP contribution < -0.4 is 5.32 Å². The van der Waals surface area contributed by atoms with E-state index in [4.69, 9.17) is 0 Å². The first-order valence-electron chi connectivity index (χ1n) is 8.95. The molecule has 0 aliphatic carbocycles. The normalized spacial score (nSPS) is 24.5. The molecule has 1 aromatic heterocycles. The first-order valence-corrected chi connectivity index (χ1v) is 9.83. The van der Waals surface area contributed by atoms with Gasteiger partial charge < -0.3 is 10.2 Å². The van der Waals surface area contributed by atoms with Gasteiger partial charge in [0.2, 0.25) is 11.8 Å². The molecule has 0 radical (unpaired) electrons. The number of carbonyl (C=O) groups is 2. The molecule has 1 N–H and O–H groups in total. The Kier molecular flexibility index (Phi) is 5.89. The van der Waals surface area contributed by atoms with E-state index in [0.717, 1.165) is 45.2 Å². The van der Waals surface area contributed by atoms with Gasteiger partial charge in [-0.25, -0.2) is 0 Å². The molecule has 0 saturated carbocycles. The second-order valence-electron chi connectivity index (χ2n) is 6.78. The van der Waals surface area contributed by atoms with Gasteiger partial charge in [0.05, 0.1) is 6.54 Å². The molecular formula is C18H27N3O2S. The largest absolute Gasteiger partial charge is 0.355 e. The molecule has 24 heavy (non-hydrogen) atoms. The summed E-state index contributed by atoms with van der Waals surface area (Å²) in [5.74, 6) is 0.274. The van der Waals surface area contributed by atoms with Crippen molar-refractivity contribution in [1.82, 2.24) is 15.1 Å². The minimum absolute atomic E-state index is 0.103. The topological polar surface area (TPSA) is 52.7 Å². The van der Waals surface area contributed by atoms with Crippen molar-refractivity contribution >= 4 is 23.2 Å². The van der Waals surface area contributed by atoms with E-state index in [0.29, 0.717) is 25.2 Å². The maximum atomic E-state index is 12.3. The molecule has 3 heterocycles. The van der Waals surface area contributed by atoms with Crippen LogP contribution in [0.1, 0.15) is 37.5 Å². The summed E-state index contributed by atoms with van der Waals surface area (Å²) < 4.78 is 0. The molecule has 3 rings (SSSR count). The highest BCUT2D eigenvalue weighted by Gasteiger charge is 2.39. The number of nitrogens with one attached hydrogen (secondary N) is 1. The monoisotopic (exact) mass is 349 g/mol. The zero-order valence-electron chi connectivity index (χ0n) is 14.4. The Bertz CT molecular complexity index is 561. The SMILES string of the molecule is CC(=O)N1CCCC1C1CCCN1CC(=O)NCCc1cccs1. The summed E-state index contributed by atoms with van der Waals surface area (Å²) >= 11 is 1.73. The van der Waals surface area contributed by atoms with Gasteiger partial charge in [0.1, 0.15) is 0 Å². The van der Waals surface area contributed by atoms with Crippen LogP contribution in [-0.4, -0.2) is 59.9 Å². The van der Waals surface area contributed by atoms with Gasteiger partial charge >= 0.3 is 0 Å². The lowest BCUT2D eigenvalue weighted by molar-refractivity contribution is -0.130. The van der Waals surface area contributed by atoms with E-state index in [1.807, 2.05) is 11.0 Å². The lowest BCUT2D eigenvalue weighted by Gasteiger charge is -2.34. The summed E-state index contributed by atoms with van der Waals surface area (Å²) in [5.41, 5.74) is 0. The molecule has 1 aromatic rings. The minimum atomic E-state index is 0.103. The average molecular weight is 350 g/mol. The summed E-state index contributed by atoms with van der Waals surface area (Å²) in [5, 5.41) is 5.10. The van der Waals surface area contributed by atoms with E-state index >= 15 is 0 Å². The third-order valence-corrected chi connectivity index (χ3v) is 6.12. The van der Waals surface area contributed by atoms with Gasteiger partial charge in [-0.1, -0.05) is 6.07 Å². The molecule has 2 fully saturated rings. The number of hydrogen-bond acceptors (Lipinski definition) is 4. The van der Waals surface area contributed by atoms with Crippen molar-refractivity contribution < 1.29 is 9.59 Å². The van der Waals surface area contributed by atoms with E-state index in [1.54, 1.807) is 18.3 Å². The molecular weight excluding hydrogens is 322 g/mol. The average Bonchev–Trinajstić information content (AvgIpc) is 3.28. The van der Waals surface area contributed by atoms with Crippen LogP contribution in [0.5, 0.6) is 0 Å². The Balaban J connectivity index is 1.48. The van der Waals surface area contributed by atoms with Crippen LogP contribution in [0, 0.1) is 0 Å². The number of thiophene rings is 1. The predicted molar refractivity (Wildman–Crippen MR) is 96.0 cm³/mol. The first-order chi connectivity index (χ1) is 11.6. The highest BCUT2D eigenvalue weighted by Crippen LogP contribution is 2.29. The Morgan fingerprint density at radius 3 is 2.79 bits per heavy atom. The van der Waals surface area contributed by atoms with Crippen molar-refractivity contribution in [2.45, 2.75) is 51.1 Å². The highest BCUT2D eigenvalue weighted by atomic mass is 32.1. The van der Waals surface area contributed by atoms with Gasteiger partial charge in [-0.3, -0.25) is 14.5 Å². The Morgan fingerprint density at radius 2 is 2.04 bits per heavy atom. The molecule has 2 amide bonds. The number of nitrogens with zero attached hydrogens (tertiary/aromatic N) is 2. The molecule has 2 atom stereocenters. The Labute approximate surface area is 148 Å². The molecule has 132 valence electrons. The fraction of sp³-hybridized carbons (Fsp3) is 0.667. The number of carbonyl (C=O) groups excluding carboxylic acids is 2. The van der Waals surface area contributed by atoms with E-state index in [9.17, 15) is 9.59 Å². The van der Waals surface area contributed by atoms with Gasteiger partial charge in [-0.2, -0.15) is 0 Å². The second kappa shape index (κ2) is 8.12. The van der Waals surface area contributed by atoms with E-state index < -0.39 is 0 Å². The van der Waals surface area contributed by atoms with Crippen LogP contribution in [0.3, 0.4) is 0 Å². The fourth-order valence-electron chi connectivity index (χ4n) is 4.09. The molecule has 2 saturated heterocycles. The molecule has 2 aliphatic heterocycles. The standard InChI is InChI=1S/C18H27N3O2S/c1-14(22)21-11-3-7-17(21)16-6-2-10-20(16)13-18(23)19-9-8-15-5-4-12-24-15/h4-5,12,16-17H,2-3,6-11,13H2,1H3,(H,19,23). The maximum Gasteiger partial charge on any atom is 0.234 e. The van der Waals surface area contributed by atoms with E-state index in [2.05, 4.69) is 21.7 Å². The van der Waals surface area contributed by atoms with Crippen LogP contribution >= 0.6 is 11.3 Å². The smallest absolute Gasteiger partial charge is 0.234 e. The molecule has 0 spiro atoms. The molecule has 5 nitrogen and oxygen atoms in total. The van der Waals surface area contributed by atoms with Crippen LogP contribution in [0.4, 0.5) is 0 Å². The van der Waals surface area contributed by atoms with Gasteiger partial charge in [0.15, 0.2) is 0 Å². The summed E-state index contributed by atoms with van der Waals surface area (Å²) in [6, 6.07) is 4.78. The van der Waals surface area contributed by atoms with E-state index in [1.165, 1.54) is 4.88 Å². The lowest BCUT2D eigenvalue weighted by Crippen LogP contribution is -2.50. The molecule has 2 unspecified atom stereocenters. The number of hydrogen-bond donors (Lipinski definition) is 1. The first kappa shape index (κ1) is 17.4. The minimum Gasteiger partial charge on any atom is -0.355 e. The maximum absolute atomic E-state index is 12.3. The van der Waals surface area contributed by atoms with Gasteiger partial charge in [0.25, 0.3) is 0 Å². The Morgan fingerprint density at radius 1 is 1.25 bits per heavy atom. The second-order valence-corrected chi connectivity index (χ2v) is 7.81. The van der Waals surface area contributed by atoms with Gasteiger partial charge in [-0.05, 0) is 50.1 Å². The summed E-state index contributed by atoms with van der Waals surface area (Å²) in [6.07, 6.45) is 5.27. The predicted octanol–water partition coefficient (Wildman–Crippen LogP) is 1.88. The lowest BCUT2D eigenvalue weighted by atomic mass is 10.0. The number of rotatable bonds is 6.